The molecule has 0 saturated carbocycles. The number of fused-ring (bicyclic) bond motifs is 1. The van der Waals surface area contributed by atoms with Gasteiger partial charge >= 0.3 is 16.2 Å². The number of benzene rings is 2. The summed E-state index contributed by atoms with van der Waals surface area (Å²) in [5.74, 6) is 0.694. The number of ether oxygens (including phenoxy) is 1. The Labute approximate surface area is 223 Å². The van der Waals surface area contributed by atoms with Crippen molar-refractivity contribution in [3.8, 4) is 5.75 Å². The Balaban J connectivity index is 0.000000263. The molecule has 0 saturated heterocycles. The third-order valence-corrected chi connectivity index (χ3v) is 6.97. The molecule has 1 heterocycles. The molecule has 9 N–H and O–H groups in total. The van der Waals surface area contributed by atoms with Crippen LogP contribution < -0.4 is 27.1 Å². The normalized spacial score (nSPS) is 12.4. The van der Waals surface area contributed by atoms with Crippen LogP contribution in [0.2, 0.25) is 0 Å². The molecule has 37 heavy (non-hydrogen) atoms. The molecule has 0 unspecified atom stereocenters. The van der Waals surface area contributed by atoms with Gasteiger partial charge in [-0.15, -0.1) is 15.7 Å². The Kier molecular flexibility index (Phi) is 11.1. The quantitative estimate of drug-likeness (QED) is 0.136. The number of nitrogens with zero attached hydrogens (tertiary/aromatic N) is 3. The van der Waals surface area contributed by atoms with Gasteiger partial charge in [0.1, 0.15) is 11.6 Å². The summed E-state index contributed by atoms with van der Waals surface area (Å²) in [6.07, 6.45) is 0.325. The van der Waals surface area contributed by atoms with Gasteiger partial charge in [-0.05, 0) is 35.4 Å². The molecule has 3 aromatic rings. The van der Waals surface area contributed by atoms with Crippen molar-refractivity contribution in [1.29, 1.82) is 0 Å². The van der Waals surface area contributed by atoms with Crippen LogP contribution in [0.3, 0.4) is 0 Å². The van der Waals surface area contributed by atoms with Gasteiger partial charge in [-0.1, -0.05) is 24.3 Å². The average molecular weight is 568 g/mol. The van der Waals surface area contributed by atoms with E-state index in [1.54, 1.807) is 14.0 Å². The Morgan fingerprint density at radius 1 is 1.19 bits per heavy atom. The zero-order valence-corrected chi connectivity index (χ0v) is 22.6. The fourth-order valence-corrected chi connectivity index (χ4v) is 4.95. The van der Waals surface area contributed by atoms with E-state index in [0.717, 1.165) is 27.8 Å². The summed E-state index contributed by atoms with van der Waals surface area (Å²) in [6.45, 7) is 1.69. The molecule has 0 aliphatic heterocycles. The van der Waals surface area contributed by atoms with Crippen molar-refractivity contribution in [3.05, 3.63) is 53.0 Å². The highest BCUT2D eigenvalue weighted by Crippen LogP contribution is 2.25. The highest BCUT2D eigenvalue weighted by Gasteiger charge is 2.13. The summed E-state index contributed by atoms with van der Waals surface area (Å²) < 4.78 is 29.6. The fraction of sp³-hybridized carbons (Fsp3) is 0.273. The highest BCUT2D eigenvalue weighted by atomic mass is 32.2. The van der Waals surface area contributed by atoms with Gasteiger partial charge in [-0.25, -0.2) is 10.1 Å². The molecule has 1 atom stereocenters. The smallest absolute Gasteiger partial charge is 0.318 e. The Morgan fingerprint density at radius 3 is 2.49 bits per heavy atom. The maximum atomic E-state index is 10.9. The van der Waals surface area contributed by atoms with Gasteiger partial charge in [-0.2, -0.15) is 25.2 Å². The molecule has 200 valence electrons. The summed E-state index contributed by atoms with van der Waals surface area (Å²) in [5.41, 5.74) is 17.6. The first-order valence-corrected chi connectivity index (χ1v) is 14.2. The minimum Gasteiger partial charge on any atom is -0.497 e. The molecule has 0 aliphatic rings. The van der Waals surface area contributed by atoms with E-state index in [2.05, 4.69) is 14.4 Å². The lowest BCUT2D eigenvalue weighted by Crippen LogP contribution is -2.21. The van der Waals surface area contributed by atoms with E-state index in [-0.39, 0.29) is 11.8 Å². The SMILES string of the molecule is COc1ccc2cc([C@H](C)C(=O)O)ccc2c1.NC(N)=Nc1nc(CSCC/C(N)=N/S(N)(=O)=O)cs1. The zero-order chi connectivity index (χ0) is 27.6. The molecule has 0 bridgehead atoms. The van der Waals surface area contributed by atoms with E-state index in [4.69, 9.17) is 32.2 Å². The minimum atomic E-state index is -3.92. The summed E-state index contributed by atoms with van der Waals surface area (Å²) in [5, 5.41) is 18.1. The minimum absolute atomic E-state index is 0.0144. The van der Waals surface area contributed by atoms with E-state index in [1.165, 1.54) is 23.1 Å². The van der Waals surface area contributed by atoms with Crippen LogP contribution in [0.4, 0.5) is 5.13 Å². The van der Waals surface area contributed by atoms with Crippen molar-refractivity contribution in [3.63, 3.8) is 0 Å². The van der Waals surface area contributed by atoms with Crippen LogP contribution in [0.15, 0.2) is 51.2 Å². The lowest BCUT2D eigenvalue weighted by atomic mass is 9.98. The number of nitrogens with two attached hydrogens (primary N) is 4. The number of rotatable bonds is 10. The average Bonchev–Trinajstić information content (AvgIpc) is 3.26. The van der Waals surface area contributed by atoms with Crippen molar-refractivity contribution in [2.45, 2.75) is 25.0 Å². The van der Waals surface area contributed by atoms with Gasteiger partial charge in [-0.3, -0.25) is 4.79 Å². The number of carbonyl (C=O) groups is 1. The second kappa shape index (κ2) is 13.8. The summed E-state index contributed by atoms with van der Waals surface area (Å²) in [6, 6.07) is 11.4. The molecule has 3 rings (SSSR count). The van der Waals surface area contributed by atoms with E-state index in [9.17, 15) is 13.2 Å². The van der Waals surface area contributed by atoms with Gasteiger partial charge in [0.2, 0.25) is 5.13 Å². The van der Waals surface area contributed by atoms with Crippen molar-refractivity contribution >= 4 is 67.0 Å². The number of carboxylic acid groups (broad SMARTS) is 1. The molecule has 0 radical (unpaired) electrons. The highest BCUT2D eigenvalue weighted by molar-refractivity contribution is 7.98. The van der Waals surface area contributed by atoms with Crippen LogP contribution in [0.1, 0.15) is 30.5 Å². The molecule has 0 spiro atoms. The first kappa shape index (κ1) is 29.8. The van der Waals surface area contributed by atoms with Gasteiger partial charge in [0.15, 0.2) is 5.96 Å². The fourth-order valence-electron chi connectivity index (χ4n) is 2.87. The predicted molar refractivity (Wildman–Crippen MR) is 150 cm³/mol. The zero-order valence-electron chi connectivity index (χ0n) is 20.2. The summed E-state index contributed by atoms with van der Waals surface area (Å²) in [7, 11) is -2.29. The van der Waals surface area contributed by atoms with Gasteiger partial charge in [0, 0.05) is 23.3 Å². The maximum Gasteiger partial charge on any atom is 0.318 e. The van der Waals surface area contributed by atoms with Crippen LogP contribution in [-0.4, -0.2) is 49.1 Å². The number of hydrogen-bond donors (Lipinski definition) is 5. The molecule has 15 heteroatoms. The molecule has 12 nitrogen and oxygen atoms in total. The molecule has 1 aromatic heterocycles. The van der Waals surface area contributed by atoms with Crippen LogP contribution in [0.25, 0.3) is 10.8 Å². The summed E-state index contributed by atoms with van der Waals surface area (Å²) in [4.78, 5) is 18.9. The third-order valence-electron chi connectivity index (χ3n) is 4.70. The largest absolute Gasteiger partial charge is 0.497 e. The number of thioether (sulfide) groups is 1. The standard InChI is InChI=1S/C14H14O3.C8H15N7O2S3/c1-9(14(15)16)10-3-4-12-8-13(17-2)6-5-11(12)7-10;9-6(15-20(12,16)17)1-2-18-3-5-4-19-8(13-5)14-7(10)11/h3-9H,1-2H3,(H,15,16);4H,1-3H2,(H2,9,15)(H2,12,16,17)(H4,10,11,13,14)/t9-;/m0./s1. The first-order valence-electron chi connectivity index (χ1n) is 10.7. The second-order valence-electron chi connectivity index (χ2n) is 7.59. The number of aliphatic carboxylic acids is 1. The molecule has 0 fully saturated rings. The van der Waals surface area contributed by atoms with Crippen molar-refractivity contribution in [2.24, 2.45) is 31.7 Å². The second-order valence-corrected chi connectivity index (χ2v) is 10.7. The number of amidine groups is 1. The molecular weight excluding hydrogens is 538 g/mol. The van der Waals surface area contributed by atoms with E-state index in [1.807, 2.05) is 41.8 Å². The van der Waals surface area contributed by atoms with Crippen molar-refractivity contribution in [1.82, 2.24) is 4.98 Å². The third kappa shape index (κ3) is 10.6. The topological polar surface area (TPSA) is 222 Å². The van der Waals surface area contributed by atoms with Crippen molar-refractivity contribution in [2.75, 3.05) is 12.9 Å². The molecule has 0 aliphatic carbocycles. The number of guanidine groups is 1. The first-order chi connectivity index (χ1) is 17.4. The monoisotopic (exact) mass is 567 g/mol. The van der Waals surface area contributed by atoms with E-state index in [0.29, 0.717) is 23.1 Å². The van der Waals surface area contributed by atoms with E-state index < -0.39 is 22.1 Å². The maximum absolute atomic E-state index is 10.9. The van der Waals surface area contributed by atoms with Crippen LogP contribution in [0, 0.1) is 0 Å². The Hall–Kier alpha value is -3.40. The molecule has 0 amide bonds. The molecular formula is C22H29N7O5S3. The number of thiazole rings is 1. The lowest BCUT2D eigenvalue weighted by molar-refractivity contribution is -0.138. The number of methoxy groups -OCH3 is 1. The van der Waals surface area contributed by atoms with Crippen LogP contribution in [0.5, 0.6) is 5.75 Å². The molecule has 2 aromatic carbocycles. The summed E-state index contributed by atoms with van der Waals surface area (Å²) >= 11 is 2.86. The van der Waals surface area contributed by atoms with Crippen LogP contribution >= 0.6 is 23.1 Å². The van der Waals surface area contributed by atoms with Gasteiger partial charge < -0.3 is 27.0 Å². The number of aliphatic imine (C=N–C) groups is 1. The van der Waals surface area contributed by atoms with Gasteiger partial charge in [0.25, 0.3) is 0 Å². The lowest BCUT2D eigenvalue weighted by Gasteiger charge is -2.08. The Morgan fingerprint density at radius 2 is 1.86 bits per heavy atom. The number of hydrogen-bond acceptors (Lipinski definition) is 8. The van der Waals surface area contributed by atoms with Crippen molar-refractivity contribution < 1.29 is 23.1 Å². The van der Waals surface area contributed by atoms with E-state index >= 15 is 0 Å². The number of aromatic nitrogens is 1. The Bertz CT molecular complexity index is 1390. The van der Waals surface area contributed by atoms with Gasteiger partial charge in [0.05, 0.1) is 18.7 Å². The predicted octanol–water partition coefficient (Wildman–Crippen LogP) is 2.27. The number of carboxylic acids is 1. The van der Waals surface area contributed by atoms with Crippen LogP contribution in [-0.2, 0) is 20.8 Å².